The van der Waals surface area contributed by atoms with Crippen LogP contribution in [0.3, 0.4) is 0 Å². The first-order valence-corrected chi connectivity index (χ1v) is 6.34. The molecule has 0 fully saturated rings. The van der Waals surface area contributed by atoms with Crippen LogP contribution in [0.25, 0.3) is 0 Å². The maximum absolute atomic E-state index is 11.7. The average molecular weight is 234 g/mol. The van der Waals surface area contributed by atoms with E-state index in [0.717, 1.165) is 6.04 Å². The van der Waals surface area contributed by atoms with E-state index in [-0.39, 0.29) is 5.91 Å². The molecule has 0 spiro atoms. The Morgan fingerprint density at radius 3 is 2.81 bits per heavy atom. The van der Waals surface area contributed by atoms with Crippen molar-refractivity contribution < 1.29 is 9.53 Å². The molecule has 16 heavy (non-hydrogen) atoms. The maximum Gasteiger partial charge on any atom is 0.297 e. The quantitative estimate of drug-likeness (QED) is 0.581. The van der Waals surface area contributed by atoms with E-state index in [4.69, 9.17) is 4.74 Å². The molecular weight excluding hydrogens is 220 g/mol. The molecule has 1 aromatic rings. The summed E-state index contributed by atoms with van der Waals surface area (Å²) in [7, 11) is 0.347. The lowest BCUT2D eigenvalue weighted by Gasteiger charge is -2.05. The summed E-state index contributed by atoms with van der Waals surface area (Å²) in [4.78, 5) is 11.7. The van der Waals surface area contributed by atoms with Crippen LogP contribution >= 0.6 is 0 Å². The number of rotatable bonds is 5. The van der Waals surface area contributed by atoms with E-state index in [0.29, 0.717) is 27.6 Å². The minimum Gasteiger partial charge on any atom is -0.493 e. The zero-order chi connectivity index (χ0) is 11.8. The summed E-state index contributed by atoms with van der Waals surface area (Å²) in [6, 6.07) is 7.97. The van der Waals surface area contributed by atoms with Crippen LogP contribution in [-0.2, 0) is 0 Å². The number of amides is 1. The summed E-state index contributed by atoms with van der Waals surface area (Å²) in [6.07, 6.45) is 0. The van der Waals surface area contributed by atoms with Crippen molar-refractivity contribution in [1.82, 2.24) is 0 Å². The van der Waals surface area contributed by atoms with Gasteiger partial charge in [-0.3, -0.25) is 4.79 Å². The second-order valence-corrected chi connectivity index (χ2v) is 4.17. The number of benzene rings is 1. The number of nitrogens with zero attached hydrogens (tertiary/aromatic N) is 2. The second kappa shape index (κ2) is 6.89. The van der Waals surface area contributed by atoms with E-state index in [1.165, 1.54) is 0 Å². The monoisotopic (exact) mass is 234 g/mol. The minimum absolute atomic E-state index is 0.343. The number of ether oxygens (including phenoxy) is 1. The molecule has 84 valence electrons. The second-order valence-electron chi connectivity index (χ2n) is 2.95. The number of hydrogen-bond donors (Lipinski definition) is 0. The van der Waals surface area contributed by atoms with Crippen molar-refractivity contribution in [3.8, 4) is 5.75 Å². The molecule has 0 N–H and O–H groups in total. The van der Waals surface area contributed by atoms with Crippen LogP contribution in [0.5, 0.6) is 5.75 Å². The molecule has 0 aromatic heterocycles. The van der Waals surface area contributed by atoms with Gasteiger partial charge in [-0.15, -0.1) is 5.11 Å². The first-order chi connectivity index (χ1) is 7.79. The fraction of sp³-hybridized carbons (Fsp3) is 0.364. The SMILES string of the molecule is CCOc1ccccc1C(=O)N=N[Si]CC. The molecule has 0 unspecified atom stereocenters. The van der Waals surface area contributed by atoms with Crippen molar-refractivity contribution in [3.63, 3.8) is 0 Å². The van der Waals surface area contributed by atoms with Gasteiger partial charge < -0.3 is 4.74 Å². The molecule has 0 aliphatic heterocycles. The van der Waals surface area contributed by atoms with Gasteiger partial charge in [-0.25, -0.2) is 4.78 Å². The van der Waals surface area contributed by atoms with Crippen LogP contribution < -0.4 is 4.74 Å². The Balaban J connectivity index is 2.81. The smallest absolute Gasteiger partial charge is 0.297 e. The van der Waals surface area contributed by atoms with Crippen molar-refractivity contribution in [2.75, 3.05) is 6.61 Å². The zero-order valence-electron chi connectivity index (χ0n) is 9.43. The van der Waals surface area contributed by atoms with Gasteiger partial charge in [-0.1, -0.05) is 19.1 Å². The maximum atomic E-state index is 11.7. The lowest BCUT2D eigenvalue weighted by molar-refractivity contribution is 0.0992. The standard InChI is InChI=1S/C11H14N2O2Si/c1-3-15-10-8-6-5-7-9(10)11(14)12-13-16-4-2/h5-8H,3-4H2,1-2H3. The topological polar surface area (TPSA) is 51.0 Å². The highest BCUT2D eigenvalue weighted by Crippen LogP contribution is 2.18. The van der Waals surface area contributed by atoms with E-state index in [9.17, 15) is 4.79 Å². The fourth-order valence-corrected chi connectivity index (χ4v) is 1.43. The first-order valence-electron chi connectivity index (χ1n) is 5.19. The molecule has 1 aromatic carbocycles. The van der Waals surface area contributed by atoms with E-state index in [1.54, 1.807) is 18.2 Å². The van der Waals surface area contributed by atoms with Crippen LogP contribution in [-0.4, -0.2) is 22.2 Å². The van der Waals surface area contributed by atoms with Crippen molar-refractivity contribution in [1.29, 1.82) is 0 Å². The van der Waals surface area contributed by atoms with Gasteiger partial charge in [0.05, 0.1) is 12.2 Å². The molecule has 0 aliphatic rings. The van der Waals surface area contributed by atoms with Gasteiger partial charge in [0.25, 0.3) is 5.91 Å². The highest BCUT2D eigenvalue weighted by Gasteiger charge is 2.10. The van der Waals surface area contributed by atoms with Crippen LogP contribution in [0.4, 0.5) is 0 Å². The summed E-state index contributed by atoms with van der Waals surface area (Å²) in [5.74, 6) is 0.221. The summed E-state index contributed by atoms with van der Waals surface area (Å²) < 4.78 is 9.16. The van der Waals surface area contributed by atoms with E-state index >= 15 is 0 Å². The van der Waals surface area contributed by atoms with Crippen LogP contribution in [0.2, 0.25) is 6.04 Å². The molecule has 4 nitrogen and oxygen atoms in total. The average Bonchev–Trinajstić information content (AvgIpc) is 2.30. The molecular formula is C11H14N2O2Si. The molecule has 0 saturated carbocycles. The first kappa shape index (κ1) is 12.6. The summed E-state index contributed by atoms with van der Waals surface area (Å²) in [5, 5.41) is 3.65. The van der Waals surface area contributed by atoms with Gasteiger partial charge in [0.15, 0.2) is 0 Å². The third-order valence-electron chi connectivity index (χ3n) is 1.79. The number of carbonyl (C=O) groups excluding carboxylic acids is 1. The molecule has 1 rings (SSSR count). The number of para-hydroxylation sites is 1. The molecule has 0 aliphatic carbocycles. The van der Waals surface area contributed by atoms with Gasteiger partial charge in [0.2, 0.25) is 9.68 Å². The van der Waals surface area contributed by atoms with E-state index < -0.39 is 0 Å². The van der Waals surface area contributed by atoms with Gasteiger partial charge in [-0.2, -0.15) is 0 Å². The molecule has 0 bridgehead atoms. The van der Waals surface area contributed by atoms with Crippen LogP contribution in [0.15, 0.2) is 34.2 Å². The third-order valence-corrected chi connectivity index (χ3v) is 2.34. The summed E-state index contributed by atoms with van der Waals surface area (Å²) in [6.45, 7) is 4.40. The van der Waals surface area contributed by atoms with Crippen molar-refractivity contribution in [3.05, 3.63) is 29.8 Å². The number of hydrogen-bond acceptors (Lipinski definition) is 3. The Labute approximate surface area is 97.6 Å². The predicted octanol–water partition coefficient (Wildman–Crippen LogP) is 2.74. The van der Waals surface area contributed by atoms with Crippen LogP contribution in [0.1, 0.15) is 24.2 Å². The Morgan fingerprint density at radius 1 is 1.38 bits per heavy atom. The van der Waals surface area contributed by atoms with E-state index in [2.05, 4.69) is 9.89 Å². The number of carbonyl (C=O) groups is 1. The van der Waals surface area contributed by atoms with E-state index in [1.807, 2.05) is 19.9 Å². The van der Waals surface area contributed by atoms with Crippen molar-refractivity contribution in [2.24, 2.45) is 9.89 Å². The summed E-state index contributed by atoms with van der Waals surface area (Å²) in [5.41, 5.74) is 0.467. The minimum atomic E-state index is -0.343. The lowest BCUT2D eigenvalue weighted by atomic mass is 10.2. The molecule has 2 radical (unpaired) electrons. The largest absolute Gasteiger partial charge is 0.493 e. The molecule has 1 amide bonds. The Kier molecular flexibility index (Phi) is 5.42. The van der Waals surface area contributed by atoms with Crippen molar-refractivity contribution in [2.45, 2.75) is 19.9 Å². The van der Waals surface area contributed by atoms with Crippen molar-refractivity contribution >= 4 is 15.6 Å². The van der Waals surface area contributed by atoms with Gasteiger partial charge >= 0.3 is 0 Å². The fourth-order valence-electron chi connectivity index (χ4n) is 1.13. The normalized spacial score (nSPS) is 10.6. The zero-order valence-corrected chi connectivity index (χ0v) is 10.4. The molecule has 0 atom stereocenters. The molecule has 0 saturated heterocycles. The molecule has 0 heterocycles. The summed E-state index contributed by atoms with van der Waals surface area (Å²) >= 11 is 0. The van der Waals surface area contributed by atoms with Crippen LogP contribution in [0, 0.1) is 0 Å². The Bertz CT molecular complexity index is 380. The van der Waals surface area contributed by atoms with Gasteiger partial charge in [0, 0.05) is 0 Å². The Hall–Kier alpha value is -1.49. The molecule has 5 heteroatoms. The third kappa shape index (κ3) is 3.58. The van der Waals surface area contributed by atoms with Gasteiger partial charge in [-0.05, 0) is 25.1 Å². The predicted molar refractivity (Wildman–Crippen MR) is 63.0 cm³/mol. The van der Waals surface area contributed by atoms with Gasteiger partial charge in [0.1, 0.15) is 5.75 Å². The highest BCUT2D eigenvalue weighted by molar-refractivity contribution is 6.32. The highest BCUT2D eigenvalue weighted by atomic mass is 28.2. The Morgan fingerprint density at radius 2 is 2.12 bits per heavy atom. The lowest BCUT2D eigenvalue weighted by Crippen LogP contribution is -2.01.